The second-order valence-electron chi connectivity index (χ2n) is 8.95. The maximum atomic E-state index is 12.9. The van der Waals surface area contributed by atoms with E-state index >= 15 is 0 Å². The Balaban J connectivity index is 1.81. The zero-order chi connectivity index (χ0) is 22.6. The van der Waals surface area contributed by atoms with Crippen molar-refractivity contribution in [1.82, 2.24) is 20.0 Å². The molecule has 1 amide bonds. The third kappa shape index (κ3) is 5.60. The average molecular weight is 422 g/mol. The van der Waals surface area contributed by atoms with Gasteiger partial charge in [0.15, 0.2) is 5.82 Å². The van der Waals surface area contributed by atoms with Crippen molar-refractivity contribution in [3.05, 3.63) is 46.5 Å². The normalized spacial score (nSPS) is 15.4. The summed E-state index contributed by atoms with van der Waals surface area (Å²) in [4.78, 5) is 17.7. The maximum absolute atomic E-state index is 12.9. The van der Waals surface area contributed by atoms with Crippen molar-refractivity contribution in [1.29, 1.82) is 0 Å². The van der Waals surface area contributed by atoms with Crippen LogP contribution in [0.3, 0.4) is 0 Å². The predicted molar refractivity (Wildman–Crippen MR) is 122 cm³/mol. The number of ether oxygens (including phenoxy) is 1. The molecular weight excluding hydrogens is 390 g/mol. The van der Waals surface area contributed by atoms with Crippen molar-refractivity contribution < 1.29 is 9.53 Å². The molecule has 31 heavy (non-hydrogen) atoms. The summed E-state index contributed by atoms with van der Waals surface area (Å²) in [5, 5.41) is 10.7. The number of benzene rings is 1. The second kappa shape index (κ2) is 9.46. The van der Waals surface area contributed by atoms with E-state index in [1.54, 1.807) is 6.07 Å². The summed E-state index contributed by atoms with van der Waals surface area (Å²) in [7, 11) is 3.63. The number of hydrogen-bond acceptors (Lipinski definition) is 6. The molecule has 2 aromatic rings. The fourth-order valence-electron chi connectivity index (χ4n) is 3.68. The average Bonchev–Trinajstić information content (AvgIpc) is 2.74. The number of carbonyl (C=O) groups excluding carboxylic acids is 1. The number of terminal acetylenes is 1. The second-order valence-corrected chi connectivity index (χ2v) is 8.95. The molecule has 1 aromatic heterocycles. The number of nitrogens with one attached hydrogen (secondary N) is 1. The largest absolute Gasteiger partial charge is 0.479 e. The number of hydrogen-bond donors (Lipinski definition) is 1. The minimum Gasteiger partial charge on any atom is -0.479 e. The molecule has 3 rings (SSSR count). The number of methoxy groups -OCH3 is 1. The molecule has 1 aromatic carbocycles. The third-order valence-corrected chi connectivity index (χ3v) is 5.52. The van der Waals surface area contributed by atoms with Gasteiger partial charge >= 0.3 is 0 Å². The molecule has 164 valence electrons. The van der Waals surface area contributed by atoms with E-state index in [0.29, 0.717) is 11.1 Å². The number of piperazine rings is 1. The Morgan fingerprint density at radius 1 is 1.19 bits per heavy atom. The van der Waals surface area contributed by atoms with Gasteiger partial charge in [0.25, 0.3) is 5.91 Å². The molecule has 2 heterocycles. The van der Waals surface area contributed by atoms with Crippen LogP contribution in [0.4, 0.5) is 5.82 Å². The highest BCUT2D eigenvalue weighted by atomic mass is 16.5. The van der Waals surface area contributed by atoms with Gasteiger partial charge in [-0.15, -0.1) is 16.6 Å². The van der Waals surface area contributed by atoms with Gasteiger partial charge < -0.3 is 15.0 Å². The molecule has 1 aliphatic heterocycles. The minimum atomic E-state index is -0.251. The van der Waals surface area contributed by atoms with E-state index in [1.165, 1.54) is 18.2 Å². The third-order valence-electron chi connectivity index (χ3n) is 5.52. The van der Waals surface area contributed by atoms with Gasteiger partial charge in [-0.25, -0.2) is 0 Å². The van der Waals surface area contributed by atoms with Crippen LogP contribution < -0.4 is 10.1 Å². The molecule has 1 aliphatic rings. The van der Waals surface area contributed by atoms with Crippen LogP contribution >= 0.6 is 0 Å². The van der Waals surface area contributed by atoms with Crippen molar-refractivity contribution in [2.45, 2.75) is 32.7 Å². The SMILES string of the molecule is C#Cc1cc(NC(=O)c2ccc(CN3CCN(C)CC3)c(C(C)(C)C)c2)nnc1OC. The van der Waals surface area contributed by atoms with E-state index in [0.717, 1.165) is 32.7 Å². The van der Waals surface area contributed by atoms with Gasteiger partial charge in [0.05, 0.1) is 12.7 Å². The molecule has 0 bridgehead atoms. The molecular formula is C24H31N5O2. The fourth-order valence-corrected chi connectivity index (χ4v) is 3.68. The lowest BCUT2D eigenvalue weighted by molar-refractivity contribution is 0.102. The van der Waals surface area contributed by atoms with Crippen LogP contribution in [-0.2, 0) is 12.0 Å². The molecule has 0 aliphatic carbocycles. The Morgan fingerprint density at radius 3 is 2.52 bits per heavy atom. The van der Waals surface area contributed by atoms with Gasteiger partial charge in [0.1, 0.15) is 0 Å². The first-order valence-electron chi connectivity index (χ1n) is 10.4. The molecule has 1 N–H and O–H groups in total. The molecule has 0 radical (unpaired) electrons. The van der Waals surface area contributed by atoms with Crippen molar-refractivity contribution in [2.24, 2.45) is 0 Å². The number of carbonyl (C=O) groups is 1. The van der Waals surface area contributed by atoms with Crippen LogP contribution in [0, 0.1) is 12.3 Å². The van der Waals surface area contributed by atoms with E-state index in [9.17, 15) is 4.79 Å². The number of amides is 1. The van der Waals surface area contributed by atoms with Gasteiger partial charge in [0.2, 0.25) is 5.88 Å². The minimum absolute atomic E-state index is 0.0885. The van der Waals surface area contributed by atoms with Crippen LogP contribution in [0.1, 0.15) is 47.8 Å². The maximum Gasteiger partial charge on any atom is 0.256 e. The molecule has 1 saturated heterocycles. The van der Waals surface area contributed by atoms with Crippen molar-refractivity contribution in [3.63, 3.8) is 0 Å². The molecule has 0 spiro atoms. The van der Waals surface area contributed by atoms with Crippen molar-refractivity contribution >= 4 is 11.7 Å². The van der Waals surface area contributed by atoms with Crippen LogP contribution in [0.5, 0.6) is 5.88 Å². The van der Waals surface area contributed by atoms with E-state index in [2.05, 4.69) is 65.1 Å². The van der Waals surface area contributed by atoms with Gasteiger partial charge in [-0.1, -0.05) is 32.8 Å². The van der Waals surface area contributed by atoms with Crippen molar-refractivity contribution in [2.75, 3.05) is 45.7 Å². The number of likely N-dealkylation sites (N-methyl/N-ethyl adjacent to an activating group) is 1. The Morgan fingerprint density at radius 2 is 1.90 bits per heavy atom. The topological polar surface area (TPSA) is 70.6 Å². The number of anilines is 1. The molecule has 7 heteroatoms. The Kier molecular flexibility index (Phi) is 6.94. The molecule has 0 atom stereocenters. The van der Waals surface area contributed by atoms with Gasteiger partial charge in [-0.3, -0.25) is 9.69 Å². The number of aromatic nitrogens is 2. The fraction of sp³-hybridized carbons (Fsp3) is 0.458. The summed E-state index contributed by atoms with van der Waals surface area (Å²) in [6.45, 7) is 11.7. The quantitative estimate of drug-likeness (QED) is 0.749. The highest BCUT2D eigenvalue weighted by molar-refractivity contribution is 6.04. The number of rotatable bonds is 5. The standard InChI is InChI=1S/C24H31N5O2/c1-7-17-15-21(26-27-23(17)31-6)25-22(30)18-8-9-19(20(14-18)24(2,3)4)16-29-12-10-28(5)11-13-29/h1,8-9,14-15H,10-13,16H2,2-6H3,(H,25,26,30). The molecule has 7 nitrogen and oxygen atoms in total. The zero-order valence-electron chi connectivity index (χ0n) is 19.0. The lowest BCUT2D eigenvalue weighted by atomic mass is 9.82. The smallest absolute Gasteiger partial charge is 0.256 e. The molecule has 1 fully saturated rings. The Hall–Kier alpha value is -2.95. The summed E-state index contributed by atoms with van der Waals surface area (Å²) < 4.78 is 5.08. The number of nitrogens with zero attached hydrogens (tertiary/aromatic N) is 4. The van der Waals surface area contributed by atoms with E-state index in [1.807, 2.05) is 12.1 Å². The van der Waals surface area contributed by atoms with Crippen LogP contribution in [0.15, 0.2) is 24.3 Å². The molecule has 0 saturated carbocycles. The Labute approximate surface area is 184 Å². The van der Waals surface area contributed by atoms with E-state index < -0.39 is 0 Å². The first-order chi connectivity index (χ1) is 14.7. The monoisotopic (exact) mass is 421 g/mol. The highest BCUT2D eigenvalue weighted by Gasteiger charge is 2.23. The first kappa shape index (κ1) is 22.7. The predicted octanol–water partition coefficient (Wildman–Crippen LogP) is 2.76. The summed E-state index contributed by atoms with van der Waals surface area (Å²) in [6.07, 6.45) is 5.49. The summed E-state index contributed by atoms with van der Waals surface area (Å²) in [5.74, 6) is 2.78. The lowest BCUT2D eigenvalue weighted by Crippen LogP contribution is -2.44. The van der Waals surface area contributed by atoms with Crippen LogP contribution in [0.2, 0.25) is 0 Å². The zero-order valence-corrected chi connectivity index (χ0v) is 19.0. The highest BCUT2D eigenvalue weighted by Crippen LogP contribution is 2.28. The van der Waals surface area contributed by atoms with E-state index in [4.69, 9.17) is 11.2 Å². The van der Waals surface area contributed by atoms with Crippen molar-refractivity contribution in [3.8, 4) is 18.2 Å². The summed E-state index contributed by atoms with van der Waals surface area (Å²) >= 11 is 0. The van der Waals surface area contributed by atoms with Crippen LogP contribution in [0.25, 0.3) is 0 Å². The molecule has 0 unspecified atom stereocenters. The van der Waals surface area contributed by atoms with E-state index in [-0.39, 0.29) is 23.0 Å². The lowest BCUT2D eigenvalue weighted by Gasteiger charge is -2.34. The summed E-state index contributed by atoms with van der Waals surface area (Å²) in [6, 6.07) is 7.51. The van der Waals surface area contributed by atoms with Crippen LogP contribution in [-0.4, -0.2) is 66.2 Å². The first-order valence-corrected chi connectivity index (χ1v) is 10.4. The summed E-state index contributed by atoms with van der Waals surface area (Å²) in [5.41, 5.74) is 3.35. The van der Waals surface area contributed by atoms with Gasteiger partial charge in [-0.2, -0.15) is 0 Å². The van der Waals surface area contributed by atoms with Gasteiger partial charge in [0, 0.05) is 44.4 Å². The Bertz CT molecular complexity index is 982. The van der Waals surface area contributed by atoms with Gasteiger partial charge in [-0.05, 0) is 35.7 Å².